The molecular weight excluding hydrogens is 1140 g/mol. The third-order valence-electron chi connectivity index (χ3n) is 18.5. The zero-order chi connectivity index (χ0) is 65.6. The zero-order valence-electron chi connectivity index (χ0n) is 55.3. The Morgan fingerprint density at radius 2 is 1.51 bits per heavy atom. The maximum Gasteiger partial charge on any atom is 0.306 e. The molecule has 0 unspecified atom stereocenters. The van der Waals surface area contributed by atoms with Gasteiger partial charge in [-0.3, -0.25) is 62.6 Å². The number of hydroxylamine groups is 2. The van der Waals surface area contributed by atoms with Gasteiger partial charge in [-0.05, 0) is 108 Å². The fourth-order valence-electron chi connectivity index (χ4n) is 13.3. The minimum atomic E-state index is -0.881. The van der Waals surface area contributed by atoms with E-state index in [1.807, 2.05) is 90.9 Å². The molecule has 6 amide bonds. The molecule has 0 bridgehead atoms. The number of para-hydroxylation sites is 1. The molecule has 0 radical (unpaired) electrons. The Hall–Kier alpha value is -6.20. The summed E-state index contributed by atoms with van der Waals surface area (Å²) >= 11 is 0. The molecule has 22 nitrogen and oxygen atoms in total. The number of methoxy groups -OCH3 is 2. The van der Waals surface area contributed by atoms with Gasteiger partial charge in [0, 0.05) is 108 Å². The number of ether oxygens (including phenoxy) is 3. The number of amides is 6. The number of nitrogens with zero attached hydrogens (tertiary/aromatic N) is 5. The lowest BCUT2D eigenvalue weighted by Gasteiger charge is -2.41. The van der Waals surface area contributed by atoms with Gasteiger partial charge >= 0.3 is 5.97 Å². The molecule has 1 aromatic carbocycles. The van der Waals surface area contributed by atoms with Crippen LogP contribution >= 0.6 is 0 Å². The number of aromatic nitrogens is 1. The number of imide groups is 1. The van der Waals surface area contributed by atoms with Crippen molar-refractivity contribution in [3.8, 4) is 0 Å². The highest BCUT2D eigenvalue weighted by molar-refractivity contribution is 6.12. The molecule has 3 N–H and O–H groups in total. The van der Waals surface area contributed by atoms with Crippen molar-refractivity contribution in [3.63, 3.8) is 0 Å². The Balaban J connectivity index is 1.15. The fraction of sp³-hybridized carbons (Fsp3) is 0.701. The number of likely N-dealkylation sites (N-methyl/N-ethyl adjacent to an activating group) is 3. The van der Waals surface area contributed by atoms with Crippen molar-refractivity contribution in [1.82, 2.24) is 40.3 Å². The fourth-order valence-corrected chi connectivity index (χ4v) is 13.3. The van der Waals surface area contributed by atoms with Crippen molar-refractivity contribution in [2.45, 2.75) is 194 Å². The number of Topliss-reactive ketones (excluding diaryl/α,β-unsaturated/α-hetero) is 3. The van der Waals surface area contributed by atoms with Crippen LogP contribution in [0.1, 0.15) is 151 Å². The third-order valence-corrected chi connectivity index (χ3v) is 18.5. The Morgan fingerprint density at radius 3 is 2.13 bits per heavy atom. The summed E-state index contributed by atoms with van der Waals surface area (Å²) in [5.41, 5.74) is 1.88. The second-order valence-corrected chi connectivity index (χ2v) is 25.5. The number of aromatic amines is 1. The van der Waals surface area contributed by atoms with Crippen LogP contribution in [-0.4, -0.2) is 206 Å². The highest BCUT2D eigenvalue weighted by Crippen LogP contribution is 2.33. The first kappa shape index (κ1) is 73.5. The molecule has 3 aliphatic rings. The summed E-state index contributed by atoms with van der Waals surface area (Å²) in [5.74, 6) is -5.30. The lowest BCUT2D eigenvalue weighted by atomic mass is 9.83. The molecule has 2 aromatic rings. The lowest BCUT2D eigenvalue weighted by molar-refractivity contribution is -0.201. The van der Waals surface area contributed by atoms with E-state index in [1.165, 1.54) is 17.2 Å². The number of likely N-dealkylation sites (tertiary alicyclic amines) is 1. The Bertz CT molecular complexity index is 2720. The van der Waals surface area contributed by atoms with Crippen LogP contribution in [0.5, 0.6) is 0 Å². The van der Waals surface area contributed by atoms with Gasteiger partial charge in [0.25, 0.3) is 11.8 Å². The molecule has 2 saturated heterocycles. The molecule has 89 heavy (non-hydrogen) atoms. The monoisotopic (exact) mass is 1240 g/mol. The van der Waals surface area contributed by atoms with Gasteiger partial charge < -0.3 is 39.6 Å². The maximum atomic E-state index is 14.9. The van der Waals surface area contributed by atoms with Crippen LogP contribution in [0.4, 0.5) is 0 Å². The summed E-state index contributed by atoms with van der Waals surface area (Å²) in [7, 11) is 8.23. The van der Waals surface area contributed by atoms with Gasteiger partial charge in [0.1, 0.15) is 17.9 Å². The second kappa shape index (κ2) is 36.0. The SMILES string of the molecule is CC[C@H](C)[C@@H]([C@@H](CC(=O)N1CCC[C@H]1[C@H](OC)[C@@H](C)C(=O)C[C@@H](Cc1c[nH]c2ccccc12)C(=O)N1CCCCO1)OC)N(C)C(=O)[C@@H](CC(=O)[C@H](C(C)C)N(C)CCCC(=O)O[C@H](C)[C@H](NC)C(=O)CNC(=O)CCCCCN1C(=O)C=CC1=O)C(C)C. The molecule has 0 saturated carbocycles. The number of carbonyl (C=O) groups is 10. The molecule has 0 spiro atoms. The molecule has 22 heteroatoms. The normalized spacial score (nSPS) is 18.8. The van der Waals surface area contributed by atoms with E-state index in [-0.39, 0.29) is 116 Å². The van der Waals surface area contributed by atoms with Crippen molar-refractivity contribution >= 4 is 69.7 Å². The van der Waals surface area contributed by atoms with E-state index in [1.54, 1.807) is 45.0 Å². The average Bonchev–Trinajstić information content (AvgIpc) is 3.41. The van der Waals surface area contributed by atoms with Gasteiger partial charge in [0.05, 0.1) is 55.8 Å². The first-order valence-corrected chi connectivity index (χ1v) is 32.4. The highest BCUT2D eigenvalue weighted by Gasteiger charge is 2.44. The standard InChI is InChI=1S/C67H104N8O14/c1-14-44(6)64(56(86-12)39-60(82)73-33-22-26-52(73)65(87-13)45(7)53(76)37-47(66(84)75-34-20-21-35-88-75)36-48-40-69-51-25-18-17-24-49(48)51)72(11)67(85)50(42(2)3)38-54(77)63(43(4)5)71(10)31-23-28-61(83)89-46(8)62(68-9)55(78)41-70-57(79)27-16-15-19-32-74-58(80)29-30-59(74)81/h17-18,24-25,29-30,40,42-47,50,52,56,62-65,68-69H,14-16,19-23,26-28,31-39,41H2,1-13H3,(H,70,79)/t44-,45-,46+,47+,50-,52-,56+,62-,63-,64-,65+/m0/s1. The molecule has 496 valence electrons. The van der Waals surface area contributed by atoms with E-state index in [4.69, 9.17) is 19.0 Å². The van der Waals surface area contributed by atoms with Crippen LogP contribution in [0.15, 0.2) is 42.6 Å². The molecule has 0 aliphatic carbocycles. The molecule has 3 aliphatic heterocycles. The molecular formula is C67H104N8O14. The number of unbranched alkanes of at least 4 members (excludes halogenated alkanes) is 2. The molecule has 4 heterocycles. The minimum Gasteiger partial charge on any atom is -0.461 e. The van der Waals surface area contributed by atoms with Gasteiger partial charge in [-0.15, -0.1) is 0 Å². The number of H-pyrrole nitrogens is 1. The van der Waals surface area contributed by atoms with Crippen LogP contribution in [0.25, 0.3) is 10.9 Å². The van der Waals surface area contributed by atoms with Crippen LogP contribution in [0.2, 0.25) is 0 Å². The summed E-state index contributed by atoms with van der Waals surface area (Å²) in [4.78, 5) is 151. The van der Waals surface area contributed by atoms with E-state index >= 15 is 0 Å². The number of nitrogens with one attached hydrogen (secondary N) is 3. The first-order valence-electron chi connectivity index (χ1n) is 32.4. The number of carbonyl (C=O) groups excluding carboxylic acids is 10. The number of fused-ring (bicyclic) bond motifs is 1. The van der Waals surface area contributed by atoms with Crippen LogP contribution in [0, 0.1) is 35.5 Å². The average molecular weight is 1250 g/mol. The number of rotatable bonds is 39. The van der Waals surface area contributed by atoms with Gasteiger partial charge in [-0.1, -0.05) is 79.5 Å². The maximum absolute atomic E-state index is 14.9. The second-order valence-electron chi connectivity index (χ2n) is 25.5. The molecule has 2 fully saturated rings. The number of benzene rings is 1. The topological polar surface area (TPSA) is 264 Å². The highest BCUT2D eigenvalue weighted by atomic mass is 16.7. The van der Waals surface area contributed by atoms with E-state index in [0.29, 0.717) is 77.6 Å². The van der Waals surface area contributed by atoms with Gasteiger partial charge in [-0.2, -0.15) is 0 Å². The predicted octanol–water partition coefficient (Wildman–Crippen LogP) is 6.42. The first-order chi connectivity index (χ1) is 42.4. The van der Waals surface area contributed by atoms with E-state index in [2.05, 4.69) is 15.6 Å². The summed E-state index contributed by atoms with van der Waals surface area (Å²) in [5, 5.41) is 7.92. The van der Waals surface area contributed by atoms with Crippen LogP contribution in [-0.2, 0) is 73.4 Å². The largest absolute Gasteiger partial charge is 0.461 e. The molecule has 1 aromatic heterocycles. The molecule has 11 atom stereocenters. The van der Waals surface area contributed by atoms with Crippen molar-refractivity contribution in [2.75, 3.05) is 74.7 Å². The van der Waals surface area contributed by atoms with Crippen LogP contribution in [0.3, 0.4) is 0 Å². The molecule has 5 rings (SSSR count). The summed E-state index contributed by atoms with van der Waals surface area (Å²) in [6.45, 7) is 16.9. The lowest BCUT2D eigenvalue weighted by Crippen LogP contribution is -2.54. The number of esters is 1. The quantitative estimate of drug-likeness (QED) is 0.0370. The predicted molar refractivity (Wildman–Crippen MR) is 337 cm³/mol. The number of hydrogen-bond donors (Lipinski definition) is 3. The van der Waals surface area contributed by atoms with Crippen molar-refractivity contribution in [3.05, 3.63) is 48.2 Å². The van der Waals surface area contributed by atoms with E-state index < -0.39 is 66.2 Å². The van der Waals surface area contributed by atoms with Crippen LogP contribution < -0.4 is 10.6 Å². The van der Waals surface area contributed by atoms with E-state index in [0.717, 1.165) is 34.2 Å². The summed E-state index contributed by atoms with van der Waals surface area (Å²) < 4.78 is 18.0. The van der Waals surface area contributed by atoms with Crippen molar-refractivity contribution in [2.24, 2.45) is 35.5 Å². The number of hydrogen-bond acceptors (Lipinski definition) is 16. The Labute approximate surface area is 527 Å². The third kappa shape index (κ3) is 20.4. The number of ketones is 3. The van der Waals surface area contributed by atoms with E-state index in [9.17, 15) is 47.9 Å². The van der Waals surface area contributed by atoms with Crippen molar-refractivity contribution < 1.29 is 67.0 Å². The van der Waals surface area contributed by atoms with Crippen molar-refractivity contribution in [1.29, 1.82) is 0 Å². The summed E-state index contributed by atoms with van der Waals surface area (Å²) in [6, 6.07) is 5.45. The zero-order valence-corrected chi connectivity index (χ0v) is 55.3. The Morgan fingerprint density at radius 1 is 0.798 bits per heavy atom. The Kier molecular flexibility index (Phi) is 29.7. The minimum absolute atomic E-state index is 0.0145. The van der Waals surface area contributed by atoms with Gasteiger partial charge in [-0.25, -0.2) is 5.06 Å². The van der Waals surface area contributed by atoms with Gasteiger partial charge in [0.2, 0.25) is 23.6 Å². The van der Waals surface area contributed by atoms with Gasteiger partial charge in [0.15, 0.2) is 11.6 Å². The summed E-state index contributed by atoms with van der Waals surface area (Å²) in [6.07, 6.45) is 8.24. The smallest absolute Gasteiger partial charge is 0.306 e.